The van der Waals surface area contributed by atoms with Crippen LogP contribution in [0.15, 0.2) is 0 Å². The second kappa shape index (κ2) is 4.65. The molecule has 3 fully saturated rings. The van der Waals surface area contributed by atoms with E-state index in [4.69, 9.17) is 0 Å². The van der Waals surface area contributed by atoms with Crippen LogP contribution in [0.25, 0.3) is 0 Å². The van der Waals surface area contributed by atoms with Gasteiger partial charge in [-0.1, -0.05) is 11.3 Å². The van der Waals surface area contributed by atoms with Gasteiger partial charge in [-0.25, -0.2) is 0 Å². The highest BCUT2D eigenvalue weighted by atomic mass is 32.1. The van der Waals surface area contributed by atoms with Gasteiger partial charge in [-0.15, -0.1) is 10.2 Å². The van der Waals surface area contributed by atoms with Crippen LogP contribution in [0.1, 0.15) is 17.8 Å². The lowest BCUT2D eigenvalue weighted by Crippen LogP contribution is -2.42. The molecule has 2 atom stereocenters. The second-order valence-electron chi connectivity index (χ2n) is 6.64. The van der Waals surface area contributed by atoms with Gasteiger partial charge in [0.2, 0.25) is 11.0 Å². The smallest absolute Gasteiger partial charge is 0.313 e. The van der Waals surface area contributed by atoms with Gasteiger partial charge in [0.1, 0.15) is 10.4 Å². The maximum atomic E-state index is 12.3. The molecule has 7 nitrogen and oxygen atoms in total. The molecule has 8 heteroatoms. The first-order valence-electron chi connectivity index (χ1n) is 7.57. The summed E-state index contributed by atoms with van der Waals surface area (Å²) in [4.78, 5) is 28.0. The summed E-state index contributed by atoms with van der Waals surface area (Å²) in [5, 5.41) is 19.6. The van der Waals surface area contributed by atoms with Crippen molar-refractivity contribution in [3.8, 4) is 0 Å². The maximum absolute atomic E-state index is 12.3. The summed E-state index contributed by atoms with van der Waals surface area (Å²) in [6, 6.07) is 0. The summed E-state index contributed by atoms with van der Waals surface area (Å²) in [5.41, 5.74) is -0.857. The largest absolute Gasteiger partial charge is 0.481 e. The number of aliphatic carboxylic acids is 1. The van der Waals surface area contributed by atoms with Crippen LogP contribution in [0, 0.1) is 24.2 Å². The van der Waals surface area contributed by atoms with Crippen molar-refractivity contribution in [1.82, 2.24) is 15.1 Å². The van der Waals surface area contributed by atoms with Crippen molar-refractivity contribution in [2.24, 2.45) is 17.3 Å². The third-order valence-corrected chi connectivity index (χ3v) is 5.96. The summed E-state index contributed by atoms with van der Waals surface area (Å²) in [6.07, 6.45) is 1.91. The normalized spacial score (nSPS) is 30.7. The van der Waals surface area contributed by atoms with E-state index in [0.717, 1.165) is 23.0 Å². The van der Waals surface area contributed by atoms with Gasteiger partial charge < -0.3 is 14.9 Å². The van der Waals surface area contributed by atoms with E-state index in [-0.39, 0.29) is 17.7 Å². The van der Waals surface area contributed by atoms with E-state index in [1.165, 1.54) is 11.3 Å². The lowest BCUT2D eigenvalue weighted by molar-refractivity contribution is -0.148. The van der Waals surface area contributed by atoms with Crippen LogP contribution in [-0.4, -0.2) is 58.3 Å². The Morgan fingerprint density at radius 3 is 2.59 bits per heavy atom. The third kappa shape index (κ3) is 2.00. The Bertz CT molecular complexity index is 644. The van der Waals surface area contributed by atoms with E-state index in [0.29, 0.717) is 26.2 Å². The van der Waals surface area contributed by atoms with Crippen LogP contribution in [-0.2, 0) is 9.59 Å². The minimum Gasteiger partial charge on any atom is -0.481 e. The number of carboxylic acid groups (broad SMARTS) is 1. The molecule has 118 valence electrons. The molecule has 1 amide bonds. The quantitative estimate of drug-likeness (QED) is 0.877. The number of hydrogen-bond donors (Lipinski definition) is 1. The molecule has 3 heterocycles. The number of anilines is 1. The van der Waals surface area contributed by atoms with Crippen LogP contribution in [0.2, 0.25) is 0 Å². The highest BCUT2D eigenvalue weighted by molar-refractivity contribution is 7.15. The number of hydrogen-bond acceptors (Lipinski definition) is 6. The van der Waals surface area contributed by atoms with Crippen molar-refractivity contribution < 1.29 is 14.7 Å². The van der Waals surface area contributed by atoms with Crippen LogP contribution in [0.4, 0.5) is 5.13 Å². The first-order valence-corrected chi connectivity index (χ1v) is 8.38. The number of nitrogens with zero attached hydrogens (tertiary/aromatic N) is 4. The van der Waals surface area contributed by atoms with E-state index in [1.54, 1.807) is 4.90 Å². The fourth-order valence-electron chi connectivity index (χ4n) is 3.68. The molecular formula is C14H18N4O3S. The summed E-state index contributed by atoms with van der Waals surface area (Å²) in [6.45, 7) is 3.82. The van der Waals surface area contributed by atoms with E-state index >= 15 is 0 Å². The number of amides is 1. The van der Waals surface area contributed by atoms with Crippen molar-refractivity contribution in [2.45, 2.75) is 19.8 Å². The van der Waals surface area contributed by atoms with Crippen LogP contribution in [0.5, 0.6) is 0 Å². The Labute approximate surface area is 131 Å². The highest BCUT2D eigenvalue weighted by Crippen LogP contribution is 2.46. The van der Waals surface area contributed by atoms with E-state index in [1.807, 2.05) is 11.8 Å². The van der Waals surface area contributed by atoms with E-state index in [9.17, 15) is 14.7 Å². The molecule has 0 spiro atoms. The first kappa shape index (κ1) is 13.9. The number of carbonyl (C=O) groups excluding carboxylic acids is 1. The molecule has 1 aromatic rings. The Hall–Kier alpha value is -1.70. The van der Waals surface area contributed by atoms with Gasteiger partial charge in [-0.05, 0) is 19.8 Å². The summed E-state index contributed by atoms with van der Waals surface area (Å²) >= 11 is 1.49. The van der Waals surface area contributed by atoms with Gasteiger partial charge in [0.15, 0.2) is 0 Å². The number of carbonyl (C=O) groups is 2. The van der Waals surface area contributed by atoms with Gasteiger partial charge in [0.25, 0.3) is 0 Å². The standard InChI is InChI=1S/C14H18N4O3S/c1-8-15-16-13(22-8)18-5-10-4-17(11(19)9-2-3-9)6-14(10,7-18)12(20)21/h9-10H,2-7H2,1H3,(H,20,21)/t10-,14-/m1/s1. The van der Waals surface area contributed by atoms with Crippen molar-refractivity contribution in [3.05, 3.63) is 5.01 Å². The minimum atomic E-state index is -0.857. The van der Waals surface area contributed by atoms with Crippen molar-refractivity contribution in [3.63, 3.8) is 0 Å². The Morgan fingerprint density at radius 2 is 2.05 bits per heavy atom. The third-order valence-electron chi connectivity index (χ3n) is 5.06. The van der Waals surface area contributed by atoms with Crippen molar-refractivity contribution in [1.29, 1.82) is 0 Å². The number of fused-ring (bicyclic) bond motifs is 1. The molecule has 0 radical (unpaired) electrons. The number of rotatable bonds is 3. The van der Waals surface area contributed by atoms with Gasteiger partial charge in [-0.2, -0.15) is 0 Å². The highest BCUT2D eigenvalue weighted by Gasteiger charge is 2.59. The summed E-state index contributed by atoms with van der Waals surface area (Å²) < 4.78 is 0. The zero-order chi connectivity index (χ0) is 15.5. The molecule has 3 aliphatic rings. The minimum absolute atomic E-state index is 0.0306. The lowest BCUT2D eigenvalue weighted by Gasteiger charge is -2.25. The Morgan fingerprint density at radius 1 is 1.27 bits per heavy atom. The lowest BCUT2D eigenvalue weighted by atomic mass is 9.81. The molecule has 0 bridgehead atoms. The molecule has 1 N–H and O–H groups in total. The Kier molecular flexibility index (Phi) is 2.94. The molecule has 2 saturated heterocycles. The van der Waals surface area contributed by atoms with Gasteiger partial charge in [0.05, 0.1) is 0 Å². The van der Waals surface area contributed by atoms with Crippen LogP contribution < -0.4 is 4.90 Å². The van der Waals surface area contributed by atoms with Crippen molar-refractivity contribution >= 4 is 28.3 Å². The van der Waals surface area contributed by atoms with Crippen LogP contribution in [0.3, 0.4) is 0 Å². The van der Waals surface area contributed by atoms with Gasteiger partial charge in [0, 0.05) is 38.0 Å². The SMILES string of the molecule is Cc1nnc(N2C[C@H]3CN(C(=O)C4CC4)C[C@@]3(C(=O)O)C2)s1. The maximum Gasteiger partial charge on any atom is 0.313 e. The molecule has 0 unspecified atom stereocenters. The van der Waals surface area contributed by atoms with Gasteiger partial charge in [-0.3, -0.25) is 9.59 Å². The predicted octanol–water partition coefficient (Wildman–Crippen LogP) is 0.606. The molecule has 4 rings (SSSR count). The zero-order valence-electron chi connectivity index (χ0n) is 12.4. The molecule has 1 aliphatic carbocycles. The fraction of sp³-hybridized carbons (Fsp3) is 0.714. The topological polar surface area (TPSA) is 86.6 Å². The molecule has 2 aliphatic heterocycles. The summed E-state index contributed by atoms with van der Waals surface area (Å²) in [7, 11) is 0. The number of aryl methyl sites for hydroxylation is 1. The van der Waals surface area contributed by atoms with E-state index < -0.39 is 11.4 Å². The number of carboxylic acids is 1. The number of aromatic nitrogens is 2. The van der Waals surface area contributed by atoms with Crippen molar-refractivity contribution in [2.75, 3.05) is 31.1 Å². The second-order valence-corrected chi connectivity index (χ2v) is 7.80. The van der Waals surface area contributed by atoms with E-state index in [2.05, 4.69) is 10.2 Å². The number of likely N-dealkylation sites (tertiary alicyclic amines) is 1. The molecule has 22 heavy (non-hydrogen) atoms. The van der Waals surface area contributed by atoms with Gasteiger partial charge >= 0.3 is 5.97 Å². The Balaban J connectivity index is 1.56. The summed E-state index contributed by atoms with van der Waals surface area (Å²) in [5.74, 6) is -0.538. The molecule has 1 aromatic heterocycles. The molecule has 0 aromatic carbocycles. The fourth-order valence-corrected chi connectivity index (χ4v) is 4.38. The predicted molar refractivity (Wildman–Crippen MR) is 79.7 cm³/mol. The zero-order valence-corrected chi connectivity index (χ0v) is 13.2. The molecule has 1 saturated carbocycles. The van der Waals surface area contributed by atoms with Crippen LogP contribution >= 0.6 is 11.3 Å². The first-order chi connectivity index (χ1) is 10.5. The average Bonchev–Trinajstić information content (AvgIpc) is 2.96. The molecular weight excluding hydrogens is 304 g/mol. The average molecular weight is 322 g/mol. The monoisotopic (exact) mass is 322 g/mol.